The van der Waals surface area contributed by atoms with Gasteiger partial charge >= 0.3 is 0 Å². The predicted molar refractivity (Wildman–Crippen MR) is 82.2 cm³/mol. The molecular formula is C16H21NO3S. The summed E-state index contributed by atoms with van der Waals surface area (Å²) in [5.74, 6) is 5.80. The van der Waals surface area contributed by atoms with Crippen LogP contribution in [0.4, 0.5) is 0 Å². The zero-order valence-electron chi connectivity index (χ0n) is 12.2. The quantitative estimate of drug-likeness (QED) is 0.816. The Hall–Kier alpha value is -1.35. The first-order valence-electron chi connectivity index (χ1n) is 7.28. The molecule has 0 atom stereocenters. The van der Waals surface area contributed by atoms with Crippen LogP contribution in [-0.2, 0) is 10.0 Å². The second kappa shape index (κ2) is 7.08. The van der Waals surface area contributed by atoms with Crippen LogP contribution in [0.15, 0.2) is 29.2 Å². The molecule has 0 unspecified atom stereocenters. The number of hydrogen-bond donors (Lipinski definition) is 1. The molecule has 0 heterocycles. The number of benzene rings is 1. The number of aliphatic hydroxyl groups is 1. The molecule has 0 saturated heterocycles. The van der Waals surface area contributed by atoms with E-state index in [4.69, 9.17) is 5.11 Å². The van der Waals surface area contributed by atoms with Crippen molar-refractivity contribution in [3.05, 3.63) is 29.8 Å². The number of sulfonamides is 1. The normalized spacial score (nSPS) is 14.8. The molecule has 0 amide bonds. The summed E-state index contributed by atoms with van der Waals surface area (Å²) in [7, 11) is -3.46. The lowest BCUT2D eigenvalue weighted by molar-refractivity contribution is 0.350. The first-order chi connectivity index (χ1) is 10.1. The minimum atomic E-state index is -3.46. The molecule has 0 radical (unpaired) electrons. The molecule has 1 aliphatic rings. The van der Waals surface area contributed by atoms with Crippen LogP contribution >= 0.6 is 0 Å². The molecule has 114 valence electrons. The van der Waals surface area contributed by atoms with E-state index in [2.05, 4.69) is 11.8 Å². The highest BCUT2D eigenvalue weighted by atomic mass is 32.2. The monoisotopic (exact) mass is 307 g/mol. The van der Waals surface area contributed by atoms with Crippen molar-refractivity contribution in [1.82, 2.24) is 4.31 Å². The summed E-state index contributed by atoms with van der Waals surface area (Å²) in [5, 5.41) is 8.72. The van der Waals surface area contributed by atoms with Crippen molar-refractivity contribution >= 4 is 10.0 Å². The molecule has 0 bridgehead atoms. The third kappa shape index (κ3) is 4.31. The Bertz CT molecular complexity index is 639. The van der Waals surface area contributed by atoms with Crippen LogP contribution in [0.25, 0.3) is 0 Å². The van der Waals surface area contributed by atoms with Crippen LogP contribution < -0.4 is 0 Å². The lowest BCUT2D eigenvalue weighted by atomic mass is 10.2. The Balaban J connectivity index is 2.27. The van der Waals surface area contributed by atoms with Crippen LogP contribution in [0.2, 0.25) is 0 Å². The van der Waals surface area contributed by atoms with Crippen LogP contribution in [0.3, 0.4) is 0 Å². The van der Waals surface area contributed by atoms with Crippen molar-refractivity contribution in [2.75, 3.05) is 19.7 Å². The third-order valence-corrected chi connectivity index (χ3v) is 5.28. The van der Waals surface area contributed by atoms with E-state index in [1.165, 1.54) is 0 Å². The third-order valence-electron chi connectivity index (χ3n) is 3.42. The van der Waals surface area contributed by atoms with Crippen molar-refractivity contribution < 1.29 is 13.5 Å². The lowest BCUT2D eigenvalue weighted by Gasteiger charge is -2.21. The van der Waals surface area contributed by atoms with Gasteiger partial charge in [-0.25, -0.2) is 8.42 Å². The molecule has 1 aromatic rings. The van der Waals surface area contributed by atoms with Gasteiger partial charge in [-0.3, -0.25) is 0 Å². The molecule has 1 saturated carbocycles. The van der Waals surface area contributed by atoms with Gasteiger partial charge in [0.15, 0.2) is 0 Å². The van der Waals surface area contributed by atoms with Crippen molar-refractivity contribution in [3.63, 3.8) is 0 Å². The van der Waals surface area contributed by atoms with Gasteiger partial charge in [0.05, 0.1) is 4.90 Å². The molecule has 0 spiro atoms. The fraction of sp³-hybridized carbons (Fsp3) is 0.500. The summed E-state index contributed by atoms with van der Waals surface area (Å²) in [4.78, 5) is 0.279. The smallest absolute Gasteiger partial charge is 0.243 e. The van der Waals surface area contributed by atoms with Gasteiger partial charge in [0.2, 0.25) is 10.0 Å². The van der Waals surface area contributed by atoms with E-state index >= 15 is 0 Å². The average Bonchev–Trinajstić information content (AvgIpc) is 3.29. The van der Waals surface area contributed by atoms with E-state index in [-0.39, 0.29) is 11.5 Å². The zero-order chi connectivity index (χ0) is 15.3. The summed E-state index contributed by atoms with van der Waals surface area (Å²) in [6.07, 6.45) is 3.05. The summed E-state index contributed by atoms with van der Waals surface area (Å²) < 4.78 is 27.1. The van der Waals surface area contributed by atoms with Crippen LogP contribution in [0.1, 0.15) is 31.7 Å². The SMILES string of the molecule is CCCN(CC1CC1)S(=O)(=O)c1cccc(C#CCO)c1. The minimum Gasteiger partial charge on any atom is -0.384 e. The van der Waals surface area contributed by atoms with E-state index < -0.39 is 10.0 Å². The second-order valence-corrected chi connectivity index (χ2v) is 7.23. The Morgan fingerprint density at radius 1 is 1.38 bits per heavy atom. The number of aliphatic hydroxyl groups excluding tert-OH is 1. The summed E-state index contributed by atoms with van der Waals surface area (Å²) in [6.45, 7) is 2.91. The minimum absolute atomic E-state index is 0.235. The largest absolute Gasteiger partial charge is 0.384 e. The molecule has 1 aliphatic carbocycles. The predicted octanol–water partition coefficient (Wildman–Crippen LogP) is 1.84. The molecular weight excluding hydrogens is 286 g/mol. The van der Waals surface area contributed by atoms with Crippen molar-refractivity contribution in [3.8, 4) is 11.8 Å². The molecule has 0 aliphatic heterocycles. The molecule has 1 aromatic carbocycles. The topological polar surface area (TPSA) is 57.6 Å². The van der Waals surface area contributed by atoms with Crippen molar-refractivity contribution in [2.45, 2.75) is 31.1 Å². The first kappa shape index (κ1) is 16.0. The van der Waals surface area contributed by atoms with Crippen LogP contribution in [0, 0.1) is 17.8 Å². The van der Waals surface area contributed by atoms with Gasteiger partial charge in [0.25, 0.3) is 0 Å². The Morgan fingerprint density at radius 2 is 2.14 bits per heavy atom. The summed E-state index contributed by atoms with van der Waals surface area (Å²) in [6, 6.07) is 6.62. The highest BCUT2D eigenvalue weighted by Crippen LogP contribution is 2.31. The Morgan fingerprint density at radius 3 is 2.76 bits per heavy atom. The van der Waals surface area contributed by atoms with E-state index in [0.717, 1.165) is 19.3 Å². The van der Waals surface area contributed by atoms with Crippen molar-refractivity contribution in [1.29, 1.82) is 0 Å². The number of hydrogen-bond acceptors (Lipinski definition) is 3. The first-order valence-corrected chi connectivity index (χ1v) is 8.72. The fourth-order valence-electron chi connectivity index (χ4n) is 2.17. The van der Waals surface area contributed by atoms with E-state index in [0.29, 0.717) is 24.6 Å². The number of nitrogens with zero attached hydrogens (tertiary/aromatic N) is 1. The molecule has 4 nitrogen and oxygen atoms in total. The fourth-order valence-corrected chi connectivity index (χ4v) is 3.83. The zero-order valence-corrected chi connectivity index (χ0v) is 13.1. The van der Waals surface area contributed by atoms with Crippen LogP contribution in [-0.4, -0.2) is 37.5 Å². The summed E-state index contributed by atoms with van der Waals surface area (Å²) in [5.41, 5.74) is 0.605. The lowest BCUT2D eigenvalue weighted by Crippen LogP contribution is -2.33. The summed E-state index contributed by atoms with van der Waals surface area (Å²) >= 11 is 0. The van der Waals surface area contributed by atoms with Gasteiger partial charge in [-0.15, -0.1) is 0 Å². The Labute approximate surface area is 126 Å². The average molecular weight is 307 g/mol. The van der Waals surface area contributed by atoms with Gasteiger partial charge in [-0.1, -0.05) is 24.8 Å². The highest BCUT2D eigenvalue weighted by Gasteiger charge is 2.31. The van der Waals surface area contributed by atoms with Gasteiger partial charge in [-0.2, -0.15) is 4.31 Å². The maximum atomic E-state index is 12.7. The van der Waals surface area contributed by atoms with E-state index in [1.807, 2.05) is 6.92 Å². The second-order valence-electron chi connectivity index (χ2n) is 5.29. The molecule has 1 fully saturated rings. The Kier molecular flexibility index (Phi) is 5.40. The molecule has 2 rings (SSSR count). The molecule has 1 N–H and O–H groups in total. The standard InChI is InChI=1S/C16H21NO3S/c1-2-10-17(13-15-8-9-15)21(19,20)16-7-3-5-14(12-16)6-4-11-18/h3,5,7,12,15,18H,2,8-11,13H2,1H3. The molecule has 21 heavy (non-hydrogen) atoms. The van der Waals surface area contributed by atoms with Gasteiger partial charge in [0.1, 0.15) is 6.61 Å². The maximum Gasteiger partial charge on any atom is 0.243 e. The maximum absolute atomic E-state index is 12.7. The number of rotatable bonds is 6. The van der Waals surface area contributed by atoms with Gasteiger partial charge < -0.3 is 5.11 Å². The molecule has 5 heteroatoms. The van der Waals surface area contributed by atoms with Gasteiger partial charge in [0, 0.05) is 18.7 Å². The van der Waals surface area contributed by atoms with E-state index in [1.54, 1.807) is 28.6 Å². The van der Waals surface area contributed by atoms with Gasteiger partial charge in [-0.05, 0) is 43.4 Å². The highest BCUT2D eigenvalue weighted by molar-refractivity contribution is 7.89. The van der Waals surface area contributed by atoms with Crippen LogP contribution in [0.5, 0.6) is 0 Å². The molecule has 0 aromatic heterocycles. The van der Waals surface area contributed by atoms with E-state index in [9.17, 15) is 8.42 Å². The van der Waals surface area contributed by atoms with Crippen molar-refractivity contribution in [2.24, 2.45) is 5.92 Å².